The Morgan fingerprint density at radius 1 is 1.10 bits per heavy atom. The zero-order chi connectivity index (χ0) is 23.5. The third-order valence-electron chi connectivity index (χ3n) is 4.73. The van der Waals surface area contributed by atoms with Crippen molar-refractivity contribution in [3.63, 3.8) is 0 Å². The first kappa shape index (κ1) is 24.5. The summed E-state index contributed by atoms with van der Waals surface area (Å²) in [6, 6.07) is 6.10. The molecule has 0 fully saturated rings. The molecule has 2 atom stereocenters. The number of allylic oxidation sites excluding steroid dienone is 2. The van der Waals surface area contributed by atoms with E-state index in [1.165, 1.54) is 7.11 Å². The van der Waals surface area contributed by atoms with Crippen LogP contribution in [0, 0.1) is 0 Å². The van der Waals surface area contributed by atoms with Crippen molar-refractivity contribution in [1.29, 1.82) is 0 Å². The van der Waals surface area contributed by atoms with Crippen LogP contribution in [0.5, 0.6) is 0 Å². The lowest BCUT2D eigenvalue weighted by Crippen LogP contribution is -2.45. The molecule has 2 rings (SSSR count). The van der Waals surface area contributed by atoms with Crippen molar-refractivity contribution >= 4 is 29.4 Å². The van der Waals surface area contributed by atoms with Crippen molar-refractivity contribution in [1.82, 2.24) is 10.6 Å². The van der Waals surface area contributed by atoms with E-state index in [2.05, 4.69) is 10.6 Å². The number of carbonyl (C=O) groups is 3. The molecule has 7 nitrogen and oxygen atoms in total. The molecule has 0 bridgehead atoms. The van der Waals surface area contributed by atoms with Crippen molar-refractivity contribution in [2.75, 3.05) is 7.11 Å². The SMILES string of the molecule is COC(=O)C1=C(C)NC(C)=C(C(=O)N[C@@H](C)C(=O)OC(C)(C)C)C1c1ccccc1Cl. The second-order valence-corrected chi connectivity index (χ2v) is 8.78. The first-order valence-corrected chi connectivity index (χ1v) is 10.3. The maximum Gasteiger partial charge on any atom is 0.336 e. The number of hydrogen-bond acceptors (Lipinski definition) is 6. The average Bonchev–Trinajstić information content (AvgIpc) is 2.65. The third-order valence-corrected chi connectivity index (χ3v) is 5.08. The lowest BCUT2D eigenvalue weighted by Gasteiger charge is -2.32. The molecule has 1 aromatic rings. The number of esters is 2. The van der Waals surface area contributed by atoms with E-state index in [9.17, 15) is 14.4 Å². The van der Waals surface area contributed by atoms with Gasteiger partial charge in [0.25, 0.3) is 5.91 Å². The first-order valence-electron chi connectivity index (χ1n) is 9.92. The number of carbonyl (C=O) groups excluding carboxylic acids is 3. The quantitative estimate of drug-likeness (QED) is 0.668. The Kier molecular flexibility index (Phi) is 7.54. The molecule has 0 spiro atoms. The van der Waals surface area contributed by atoms with Gasteiger partial charge in [-0.2, -0.15) is 0 Å². The molecule has 1 amide bonds. The maximum absolute atomic E-state index is 13.3. The fourth-order valence-corrected chi connectivity index (χ4v) is 3.66. The summed E-state index contributed by atoms with van der Waals surface area (Å²) in [4.78, 5) is 38.3. The van der Waals surface area contributed by atoms with Crippen LogP contribution in [0.25, 0.3) is 0 Å². The predicted molar refractivity (Wildman–Crippen MR) is 118 cm³/mol. The van der Waals surface area contributed by atoms with Crippen molar-refractivity contribution < 1.29 is 23.9 Å². The number of ether oxygens (including phenoxy) is 2. The molecule has 0 aliphatic carbocycles. The Balaban J connectivity index is 2.49. The lowest BCUT2D eigenvalue weighted by molar-refractivity contribution is -0.157. The fraction of sp³-hybridized carbons (Fsp3) is 0.435. The van der Waals surface area contributed by atoms with Crippen LogP contribution in [0.3, 0.4) is 0 Å². The molecule has 168 valence electrons. The summed E-state index contributed by atoms with van der Waals surface area (Å²) in [5.41, 5.74) is 1.55. The summed E-state index contributed by atoms with van der Waals surface area (Å²) in [5.74, 6) is -2.42. The van der Waals surface area contributed by atoms with Gasteiger partial charge in [-0.3, -0.25) is 4.79 Å². The number of hydrogen-bond donors (Lipinski definition) is 2. The molecule has 1 unspecified atom stereocenters. The van der Waals surface area contributed by atoms with E-state index in [1.807, 2.05) is 0 Å². The minimum Gasteiger partial charge on any atom is -0.466 e. The minimum absolute atomic E-state index is 0.273. The third kappa shape index (κ3) is 5.67. The highest BCUT2D eigenvalue weighted by Crippen LogP contribution is 2.41. The van der Waals surface area contributed by atoms with Gasteiger partial charge >= 0.3 is 11.9 Å². The largest absolute Gasteiger partial charge is 0.466 e. The van der Waals surface area contributed by atoms with E-state index in [0.29, 0.717) is 22.0 Å². The van der Waals surface area contributed by atoms with Crippen LogP contribution in [-0.2, 0) is 23.9 Å². The van der Waals surface area contributed by atoms with E-state index in [1.54, 1.807) is 65.8 Å². The zero-order valence-electron chi connectivity index (χ0n) is 18.9. The van der Waals surface area contributed by atoms with Gasteiger partial charge in [-0.1, -0.05) is 29.8 Å². The maximum atomic E-state index is 13.3. The van der Waals surface area contributed by atoms with Crippen molar-refractivity contribution in [2.24, 2.45) is 0 Å². The number of dihydropyridines is 1. The molecule has 1 aliphatic rings. The topological polar surface area (TPSA) is 93.7 Å². The van der Waals surface area contributed by atoms with Gasteiger partial charge in [-0.15, -0.1) is 0 Å². The minimum atomic E-state index is -0.896. The Morgan fingerprint density at radius 3 is 2.23 bits per heavy atom. The van der Waals surface area contributed by atoms with Gasteiger partial charge in [0.2, 0.25) is 0 Å². The fourth-order valence-electron chi connectivity index (χ4n) is 3.42. The molecule has 1 aromatic carbocycles. The van der Waals surface area contributed by atoms with Crippen LogP contribution >= 0.6 is 11.6 Å². The summed E-state index contributed by atoms with van der Waals surface area (Å²) in [6.07, 6.45) is 0. The van der Waals surface area contributed by atoms with Crippen LogP contribution in [0.1, 0.15) is 53.0 Å². The molecule has 1 heterocycles. The number of rotatable bonds is 5. The van der Waals surface area contributed by atoms with Crippen LogP contribution < -0.4 is 10.6 Å². The number of halogens is 1. The zero-order valence-corrected chi connectivity index (χ0v) is 19.6. The average molecular weight is 449 g/mol. The molecule has 2 N–H and O–H groups in total. The summed E-state index contributed by atoms with van der Waals surface area (Å²) in [7, 11) is 1.28. The molecular weight excluding hydrogens is 420 g/mol. The number of methoxy groups -OCH3 is 1. The van der Waals surface area contributed by atoms with E-state index in [0.717, 1.165) is 0 Å². The molecule has 8 heteroatoms. The monoisotopic (exact) mass is 448 g/mol. The van der Waals surface area contributed by atoms with E-state index in [4.69, 9.17) is 21.1 Å². The smallest absolute Gasteiger partial charge is 0.336 e. The van der Waals surface area contributed by atoms with Crippen molar-refractivity contribution in [3.8, 4) is 0 Å². The Bertz CT molecular complexity index is 959. The van der Waals surface area contributed by atoms with E-state index >= 15 is 0 Å². The van der Waals surface area contributed by atoms with Gasteiger partial charge in [-0.05, 0) is 53.2 Å². The van der Waals surface area contributed by atoms with Gasteiger partial charge in [0.15, 0.2) is 0 Å². The lowest BCUT2D eigenvalue weighted by atomic mass is 9.80. The van der Waals surface area contributed by atoms with Gasteiger partial charge in [-0.25, -0.2) is 9.59 Å². The van der Waals surface area contributed by atoms with E-state index in [-0.39, 0.29) is 11.1 Å². The summed E-state index contributed by atoms with van der Waals surface area (Å²) in [6.45, 7) is 10.3. The Morgan fingerprint density at radius 2 is 1.68 bits per heavy atom. The van der Waals surface area contributed by atoms with Crippen LogP contribution in [0.15, 0.2) is 46.8 Å². The molecule has 0 saturated carbocycles. The molecule has 31 heavy (non-hydrogen) atoms. The number of nitrogens with one attached hydrogen (secondary N) is 2. The molecule has 0 radical (unpaired) electrons. The van der Waals surface area contributed by atoms with Crippen molar-refractivity contribution in [2.45, 2.75) is 59.1 Å². The van der Waals surface area contributed by atoms with Gasteiger partial charge in [0.05, 0.1) is 18.6 Å². The number of amides is 1. The van der Waals surface area contributed by atoms with Crippen LogP contribution in [-0.4, -0.2) is 36.6 Å². The van der Waals surface area contributed by atoms with Crippen LogP contribution in [0.2, 0.25) is 5.02 Å². The highest BCUT2D eigenvalue weighted by atomic mass is 35.5. The predicted octanol–water partition coefficient (Wildman–Crippen LogP) is 3.59. The normalized spacial score (nSPS) is 17.6. The van der Waals surface area contributed by atoms with E-state index < -0.39 is 35.4 Å². The molecular formula is C23H29ClN2O5. The second kappa shape index (κ2) is 9.56. The highest BCUT2D eigenvalue weighted by Gasteiger charge is 2.38. The highest BCUT2D eigenvalue weighted by molar-refractivity contribution is 6.31. The van der Waals surface area contributed by atoms with Gasteiger partial charge in [0, 0.05) is 22.0 Å². The van der Waals surface area contributed by atoms with Crippen LogP contribution in [0.4, 0.5) is 0 Å². The second-order valence-electron chi connectivity index (χ2n) is 8.38. The molecule has 0 saturated heterocycles. The van der Waals surface area contributed by atoms with Crippen molar-refractivity contribution in [3.05, 3.63) is 57.4 Å². The summed E-state index contributed by atoms with van der Waals surface area (Å²) < 4.78 is 10.3. The first-order chi connectivity index (χ1) is 14.4. The molecule has 1 aliphatic heterocycles. The standard InChI is InChI=1S/C23H29ClN2O5/c1-12-17(20(27)26-14(3)21(28)31-23(4,5)6)19(15-10-8-9-11-16(15)24)18(13(2)25-12)22(29)30-7/h8-11,14,19,25H,1-7H3,(H,26,27)/t14-,19?/m0/s1. The summed E-state index contributed by atoms with van der Waals surface area (Å²) >= 11 is 6.44. The molecule has 0 aromatic heterocycles. The van der Waals surface area contributed by atoms with Gasteiger partial charge in [0.1, 0.15) is 11.6 Å². The van der Waals surface area contributed by atoms with Gasteiger partial charge < -0.3 is 20.1 Å². The number of benzene rings is 1. The summed E-state index contributed by atoms with van der Waals surface area (Å²) in [5, 5.41) is 6.16. The Labute approximate surface area is 187 Å². The Hall–Kier alpha value is -2.80.